The first-order chi connectivity index (χ1) is 14.4. The molecule has 8 heteroatoms. The lowest BCUT2D eigenvalue weighted by Gasteiger charge is -2.28. The summed E-state index contributed by atoms with van der Waals surface area (Å²) in [6.45, 7) is 0. The number of hydrogen-bond acceptors (Lipinski definition) is 4. The van der Waals surface area contributed by atoms with Gasteiger partial charge in [0.1, 0.15) is 5.75 Å². The van der Waals surface area contributed by atoms with Gasteiger partial charge in [-0.2, -0.15) is 0 Å². The summed E-state index contributed by atoms with van der Waals surface area (Å²) in [7, 11) is 0. The number of halogens is 3. The molecule has 0 aromatic heterocycles. The fraction of sp³-hybridized carbons (Fsp3) is 0.318. The first-order valence-corrected chi connectivity index (χ1v) is 11.8. The fourth-order valence-corrected chi connectivity index (χ4v) is 7.04. The number of amides is 2. The summed E-state index contributed by atoms with van der Waals surface area (Å²) in [5.41, 5.74) is 0.786. The Morgan fingerprint density at radius 3 is 2.17 bits per heavy atom. The fourth-order valence-electron chi connectivity index (χ4n) is 5.04. The number of fused-ring (bicyclic) bond motifs is 5. The number of carbonyl (C=O) groups is 3. The lowest BCUT2D eigenvalue weighted by Crippen LogP contribution is -2.37. The number of alkyl halides is 2. The van der Waals surface area contributed by atoms with Crippen molar-refractivity contribution in [2.45, 2.75) is 16.1 Å². The van der Waals surface area contributed by atoms with Crippen molar-refractivity contribution in [3.63, 3.8) is 0 Å². The minimum atomic E-state index is -0.540. The number of carbonyl (C=O) groups excluding carboxylic acids is 3. The molecule has 3 fully saturated rings. The van der Waals surface area contributed by atoms with Crippen LogP contribution in [0.2, 0.25) is 5.02 Å². The van der Waals surface area contributed by atoms with Crippen molar-refractivity contribution in [2.75, 3.05) is 4.90 Å². The number of nitrogens with zero attached hydrogens (tertiary/aromatic N) is 1. The van der Waals surface area contributed by atoms with Crippen LogP contribution in [0.15, 0.2) is 48.5 Å². The molecule has 0 N–H and O–H groups in total. The van der Waals surface area contributed by atoms with E-state index in [-0.39, 0.29) is 50.9 Å². The van der Waals surface area contributed by atoms with Gasteiger partial charge < -0.3 is 4.74 Å². The van der Waals surface area contributed by atoms with E-state index in [9.17, 15) is 14.4 Å². The molecule has 2 saturated carbocycles. The minimum Gasteiger partial charge on any atom is -0.423 e. The average Bonchev–Trinajstić information content (AvgIpc) is 3.33. The van der Waals surface area contributed by atoms with Gasteiger partial charge in [-0.25, -0.2) is 9.69 Å². The molecule has 30 heavy (non-hydrogen) atoms. The van der Waals surface area contributed by atoms with Crippen LogP contribution in [0, 0.1) is 23.7 Å². The van der Waals surface area contributed by atoms with Gasteiger partial charge in [0.05, 0.1) is 23.1 Å². The molecule has 1 saturated heterocycles. The van der Waals surface area contributed by atoms with Gasteiger partial charge >= 0.3 is 5.97 Å². The van der Waals surface area contributed by atoms with Crippen molar-refractivity contribution >= 4 is 66.9 Å². The van der Waals surface area contributed by atoms with Crippen LogP contribution in [0.4, 0.5) is 5.69 Å². The summed E-state index contributed by atoms with van der Waals surface area (Å²) in [5, 5.41) is 0.524. The van der Waals surface area contributed by atoms with E-state index < -0.39 is 5.97 Å². The maximum atomic E-state index is 13.2. The molecular formula is C22H16Br2ClNO4. The number of rotatable bonds is 3. The van der Waals surface area contributed by atoms with E-state index in [2.05, 4.69) is 31.9 Å². The molecular weight excluding hydrogens is 538 g/mol. The highest BCUT2D eigenvalue weighted by Crippen LogP contribution is 2.60. The Morgan fingerprint density at radius 1 is 0.967 bits per heavy atom. The van der Waals surface area contributed by atoms with E-state index in [4.69, 9.17) is 16.3 Å². The topological polar surface area (TPSA) is 63.7 Å². The van der Waals surface area contributed by atoms with Gasteiger partial charge in [-0.1, -0.05) is 49.5 Å². The van der Waals surface area contributed by atoms with Crippen LogP contribution in [-0.4, -0.2) is 27.4 Å². The molecule has 2 aromatic rings. The molecule has 5 rings (SSSR count). The second kappa shape index (κ2) is 7.46. The number of benzene rings is 2. The number of ether oxygens (including phenoxy) is 1. The van der Waals surface area contributed by atoms with Crippen molar-refractivity contribution < 1.29 is 19.1 Å². The normalized spacial score (nSPS) is 31.9. The first kappa shape index (κ1) is 20.2. The third-order valence-corrected chi connectivity index (χ3v) is 9.81. The zero-order chi connectivity index (χ0) is 21.2. The van der Waals surface area contributed by atoms with Gasteiger partial charge in [-0.05, 0) is 54.7 Å². The smallest absolute Gasteiger partial charge is 0.343 e. The second-order valence-corrected chi connectivity index (χ2v) is 10.5. The molecule has 5 nitrogen and oxygen atoms in total. The van der Waals surface area contributed by atoms with Gasteiger partial charge in [-0.3, -0.25) is 9.59 Å². The SMILES string of the molecule is O=C(Oc1cccc(N2C(=O)[C@@H]3[C@H]4C[C@@H]([C@@H](Br)[C@H]4Br)[C@H]3C2=O)c1)c1ccc(Cl)cc1. The molecule has 6 atom stereocenters. The molecule has 2 bridgehead atoms. The lowest BCUT2D eigenvalue weighted by molar-refractivity contribution is -0.123. The van der Waals surface area contributed by atoms with Gasteiger partial charge in [0.25, 0.3) is 0 Å². The van der Waals surface area contributed by atoms with Gasteiger partial charge in [0.15, 0.2) is 0 Å². The molecule has 2 aromatic carbocycles. The molecule has 2 amide bonds. The average molecular weight is 554 g/mol. The van der Waals surface area contributed by atoms with E-state index >= 15 is 0 Å². The Hall–Kier alpha value is -1.70. The lowest BCUT2D eigenvalue weighted by atomic mass is 9.81. The van der Waals surface area contributed by atoms with Crippen LogP contribution in [0.1, 0.15) is 16.8 Å². The highest BCUT2D eigenvalue weighted by Gasteiger charge is 2.66. The number of esters is 1. The number of hydrogen-bond donors (Lipinski definition) is 0. The van der Waals surface area contributed by atoms with Crippen molar-refractivity contribution in [1.82, 2.24) is 0 Å². The van der Waals surface area contributed by atoms with Crippen LogP contribution < -0.4 is 9.64 Å². The van der Waals surface area contributed by atoms with Crippen LogP contribution in [0.25, 0.3) is 0 Å². The monoisotopic (exact) mass is 551 g/mol. The van der Waals surface area contributed by atoms with Gasteiger partial charge in [0.2, 0.25) is 11.8 Å². The Bertz CT molecular complexity index is 1030. The molecule has 154 valence electrons. The van der Waals surface area contributed by atoms with E-state index in [1.165, 1.54) is 4.90 Å². The molecule has 0 unspecified atom stereocenters. The van der Waals surface area contributed by atoms with Crippen molar-refractivity contribution in [3.8, 4) is 5.75 Å². The molecule has 0 spiro atoms. The standard InChI is InChI=1S/C22H16Br2ClNO4/c23-18-14-9-15(19(18)24)17-16(14)20(27)26(21(17)28)12-2-1-3-13(8-12)30-22(29)10-4-6-11(25)7-5-10/h1-8,14-19H,9H2/t14-,15-,16-,17-,18-,19+/m1/s1. The number of imide groups is 1. The van der Waals surface area contributed by atoms with E-state index in [0.29, 0.717) is 16.3 Å². The molecule has 1 heterocycles. The van der Waals surface area contributed by atoms with Crippen LogP contribution >= 0.6 is 43.5 Å². The maximum Gasteiger partial charge on any atom is 0.343 e. The summed E-state index contributed by atoms with van der Waals surface area (Å²) >= 11 is 13.2. The Balaban J connectivity index is 1.39. The van der Waals surface area contributed by atoms with E-state index in [0.717, 1.165) is 6.42 Å². The van der Waals surface area contributed by atoms with Crippen LogP contribution in [-0.2, 0) is 9.59 Å². The van der Waals surface area contributed by atoms with Crippen molar-refractivity contribution in [3.05, 3.63) is 59.1 Å². The molecule has 2 aliphatic carbocycles. The number of anilines is 1. The second-order valence-electron chi connectivity index (χ2n) is 7.91. The first-order valence-electron chi connectivity index (χ1n) is 9.60. The van der Waals surface area contributed by atoms with Crippen molar-refractivity contribution in [1.29, 1.82) is 0 Å². The van der Waals surface area contributed by atoms with Crippen molar-refractivity contribution in [2.24, 2.45) is 23.7 Å². The third-order valence-electron chi connectivity index (χ3n) is 6.35. The largest absolute Gasteiger partial charge is 0.423 e. The van der Waals surface area contributed by atoms with Crippen LogP contribution in [0.3, 0.4) is 0 Å². The summed E-state index contributed by atoms with van der Waals surface area (Å²) in [5.74, 6) is -0.882. The summed E-state index contributed by atoms with van der Waals surface area (Å²) < 4.78 is 5.45. The van der Waals surface area contributed by atoms with Gasteiger partial charge in [-0.15, -0.1) is 0 Å². The Labute approximate surface area is 195 Å². The molecule has 0 radical (unpaired) electrons. The summed E-state index contributed by atoms with van der Waals surface area (Å²) in [6, 6.07) is 12.9. The molecule has 1 aliphatic heterocycles. The van der Waals surface area contributed by atoms with Gasteiger partial charge in [0, 0.05) is 20.7 Å². The summed E-state index contributed by atoms with van der Waals surface area (Å²) in [6.07, 6.45) is 0.880. The van der Waals surface area contributed by atoms with E-state index in [1.807, 2.05) is 0 Å². The summed E-state index contributed by atoms with van der Waals surface area (Å²) in [4.78, 5) is 40.4. The minimum absolute atomic E-state index is 0.150. The zero-order valence-electron chi connectivity index (χ0n) is 15.5. The Morgan fingerprint density at radius 2 is 1.57 bits per heavy atom. The quantitative estimate of drug-likeness (QED) is 0.236. The highest BCUT2D eigenvalue weighted by molar-refractivity contribution is 9.12. The maximum absolute atomic E-state index is 13.2. The van der Waals surface area contributed by atoms with E-state index in [1.54, 1.807) is 48.5 Å². The predicted molar refractivity (Wildman–Crippen MR) is 119 cm³/mol. The highest BCUT2D eigenvalue weighted by atomic mass is 79.9. The molecule has 3 aliphatic rings. The third kappa shape index (κ3) is 3.05. The Kier molecular flexibility index (Phi) is 5.03. The predicted octanol–water partition coefficient (Wildman–Crippen LogP) is 4.84. The van der Waals surface area contributed by atoms with Crippen LogP contribution in [0.5, 0.6) is 5.75 Å². The zero-order valence-corrected chi connectivity index (χ0v) is 19.4.